The zero-order valence-electron chi connectivity index (χ0n) is 19.9. The van der Waals surface area contributed by atoms with Crippen molar-refractivity contribution in [2.24, 2.45) is 11.0 Å². The van der Waals surface area contributed by atoms with Crippen molar-refractivity contribution >= 4 is 35.9 Å². The normalized spacial score (nSPS) is 15.4. The Morgan fingerprint density at radius 1 is 1.24 bits per heavy atom. The fourth-order valence-corrected chi connectivity index (χ4v) is 2.89. The van der Waals surface area contributed by atoms with E-state index in [1.807, 2.05) is 13.8 Å². The van der Waals surface area contributed by atoms with E-state index in [2.05, 4.69) is 26.2 Å². The summed E-state index contributed by atoms with van der Waals surface area (Å²) in [5, 5.41) is 9.01. The first-order chi connectivity index (χ1) is 16.2. The zero-order valence-corrected chi connectivity index (χ0v) is 19.9. The minimum Gasteiger partial charge on any atom is -0.465 e. The summed E-state index contributed by atoms with van der Waals surface area (Å²) in [6.07, 6.45) is 1.41. The van der Waals surface area contributed by atoms with Gasteiger partial charge in [0.2, 0.25) is 5.91 Å². The highest BCUT2D eigenvalue weighted by atomic mass is 16.7. The highest BCUT2D eigenvalue weighted by Crippen LogP contribution is 2.21. The van der Waals surface area contributed by atoms with Crippen molar-refractivity contribution in [1.29, 1.82) is 0 Å². The lowest BCUT2D eigenvalue weighted by Gasteiger charge is -2.17. The van der Waals surface area contributed by atoms with Crippen LogP contribution in [0.1, 0.15) is 32.3 Å². The molecule has 0 radical (unpaired) electrons. The standard InChI is InChI=1S/C22H32N6O6/c1-15(2)14-33-19(29)9-11-23-21(31)25-18-10-12-28(20(18)30)17-7-5-16(6-8-17)13-24-26-34-22(32)27(3)4/h5-8,13,15,18,26H,9-12,14H2,1-4H3,(H2,23,25,31)/t18-/m0/s1. The van der Waals surface area contributed by atoms with Crippen LogP contribution < -0.4 is 21.1 Å². The van der Waals surface area contributed by atoms with Gasteiger partial charge in [-0.15, -0.1) is 5.59 Å². The first-order valence-corrected chi connectivity index (χ1v) is 10.9. The Labute approximate surface area is 198 Å². The van der Waals surface area contributed by atoms with Crippen LogP contribution in [0.25, 0.3) is 0 Å². The van der Waals surface area contributed by atoms with E-state index in [1.165, 1.54) is 11.1 Å². The van der Waals surface area contributed by atoms with E-state index < -0.39 is 18.2 Å². The number of hydrogen-bond donors (Lipinski definition) is 3. The van der Waals surface area contributed by atoms with Gasteiger partial charge in [0.1, 0.15) is 6.04 Å². The van der Waals surface area contributed by atoms with Crippen molar-refractivity contribution < 1.29 is 28.8 Å². The molecular weight excluding hydrogens is 444 g/mol. The molecule has 3 N–H and O–H groups in total. The maximum atomic E-state index is 12.7. The summed E-state index contributed by atoms with van der Waals surface area (Å²) < 4.78 is 5.05. The van der Waals surface area contributed by atoms with Gasteiger partial charge in [-0.1, -0.05) is 26.0 Å². The molecule has 12 nitrogen and oxygen atoms in total. The number of carbonyl (C=O) groups is 4. The van der Waals surface area contributed by atoms with Crippen LogP contribution in [0.15, 0.2) is 29.4 Å². The number of urea groups is 1. The Morgan fingerprint density at radius 3 is 2.59 bits per heavy atom. The first-order valence-electron chi connectivity index (χ1n) is 10.9. The highest BCUT2D eigenvalue weighted by molar-refractivity contribution is 6.01. The van der Waals surface area contributed by atoms with Gasteiger partial charge in [0.25, 0.3) is 0 Å². The Morgan fingerprint density at radius 2 is 1.94 bits per heavy atom. The molecule has 1 aliphatic rings. The second-order valence-corrected chi connectivity index (χ2v) is 8.26. The number of hydrazone groups is 1. The first kappa shape index (κ1) is 26.4. The summed E-state index contributed by atoms with van der Waals surface area (Å²) in [5.74, 6) is -0.348. The maximum Gasteiger partial charge on any atom is 0.434 e. The fourth-order valence-electron chi connectivity index (χ4n) is 2.89. The molecule has 34 heavy (non-hydrogen) atoms. The van der Waals surface area contributed by atoms with Crippen LogP contribution in [0.4, 0.5) is 15.3 Å². The van der Waals surface area contributed by atoms with Gasteiger partial charge >= 0.3 is 18.1 Å². The molecule has 0 saturated carbocycles. The number of nitrogens with zero attached hydrogens (tertiary/aromatic N) is 3. The average molecular weight is 477 g/mol. The van der Waals surface area contributed by atoms with Gasteiger partial charge in [0.15, 0.2) is 0 Å². The Bertz CT molecular complexity index is 886. The lowest BCUT2D eigenvalue weighted by atomic mass is 10.2. The van der Waals surface area contributed by atoms with Crippen LogP contribution in [0.3, 0.4) is 0 Å². The summed E-state index contributed by atoms with van der Waals surface area (Å²) in [7, 11) is 3.10. The summed E-state index contributed by atoms with van der Waals surface area (Å²) in [4.78, 5) is 55.2. The number of hydrogen-bond acceptors (Lipinski definition) is 8. The van der Waals surface area contributed by atoms with Gasteiger partial charge in [-0.05, 0) is 30.0 Å². The smallest absolute Gasteiger partial charge is 0.434 e. The molecule has 2 rings (SSSR count). The molecule has 12 heteroatoms. The van der Waals surface area contributed by atoms with E-state index in [0.717, 1.165) is 5.56 Å². The molecule has 1 heterocycles. The monoisotopic (exact) mass is 476 g/mol. The number of nitrogens with one attached hydrogen (secondary N) is 3. The minimum absolute atomic E-state index is 0.0636. The van der Waals surface area contributed by atoms with Gasteiger partial charge in [-0.3, -0.25) is 9.59 Å². The van der Waals surface area contributed by atoms with Crippen LogP contribution >= 0.6 is 0 Å². The summed E-state index contributed by atoms with van der Waals surface area (Å²) in [6.45, 7) is 4.80. The van der Waals surface area contributed by atoms with Crippen molar-refractivity contribution in [2.45, 2.75) is 32.7 Å². The summed E-state index contributed by atoms with van der Waals surface area (Å²) in [5.41, 5.74) is 3.60. The van der Waals surface area contributed by atoms with E-state index in [-0.39, 0.29) is 30.8 Å². The largest absolute Gasteiger partial charge is 0.465 e. The van der Waals surface area contributed by atoms with Crippen molar-refractivity contribution in [3.05, 3.63) is 29.8 Å². The molecule has 1 aromatic rings. The molecule has 0 spiro atoms. The van der Waals surface area contributed by atoms with Crippen LogP contribution in [-0.4, -0.2) is 74.9 Å². The highest BCUT2D eigenvalue weighted by Gasteiger charge is 2.33. The number of rotatable bonds is 10. The second-order valence-electron chi connectivity index (χ2n) is 8.26. The molecular formula is C22H32N6O6. The van der Waals surface area contributed by atoms with Crippen LogP contribution in [0.5, 0.6) is 0 Å². The SMILES string of the molecule is CC(C)COC(=O)CCNC(=O)N[C@H]1CCN(c2ccc(C=NNOC(=O)N(C)C)cc2)C1=O. The molecule has 0 bridgehead atoms. The van der Waals surface area contributed by atoms with E-state index in [4.69, 9.17) is 4.74 Å². The van der Waals surface area contributed by atoms with E-state index >= 15 is 0 Å². The molecule has 1 atom stereocenters. The minimum atomic E-state index is -0.648. The molecule has 1 aromatic carbocycles. The Kier molecular flexibility index (Phi) is 10.1. The van der Waals surface area contributed by atoms with Gasteiger partial charge < -0.3 is 30.0 Å². The van der Waals surface area contributed by atoms with E-state index in [9.17, 15) is 19.2 Å². The van der Waals surface area contributed by atoms with E-state index in [0.29, 0.717) is 25.3 Å². The van der Waals surface area contributed by atoms with Gasteiger partial charge in [0.05, 0.1) is 19.2 Å². The molecule has 1 saturated heterocycles. The van der Waals surface area contributed by atoms with Crippen molar-refractivity contribution in [3.63, 3.8) is 0 Å². The van der Waals surface area contributed by atoms with Crippen molar-refractivity contribution in [2.75, 3.05) is 38.7 Å². The summed E-state index contributed by atoms with van der Waals surface area (Å²) in [6, 6.07) is 5.88. The predicted molar refractivity (Wildman–Crippen MR) is 125 cm³/mol. The lowest BCUT2D eigenvalue weighted by Crippen LogP contribution is -2.46. The molecule has 1 aliphatic heterocycles. The molecule has 4 amide bonds. The maximum absolute atomic E-state index is 12.7. The predicted octanol–water partition coefficient (Wildman–Crippen LogP) is 1.22. The molecule has 186 valence electrons. The van der Waals surface area contributed by atoms with Gasteiger partial charge in [-0.25, -0.2) is 9.59 Å². The fraction of sp³-hybridized carbons (Fsp3) is 0.500. The van der Waals surface area contributed by atoms with Crippen LogP contribution in [0, 0.1) is 5.92 Å². The molecule has 0 aliphatic carbocycles. The third-order valence-corrected chi connectivity index (χ3v) is 4.67. The number of benzene rings is 1. The zero-order chi connectivity index (χ0) is 25.1. The van der Waals surface area contributed by atoms with Crippen molar-refractivity contribution in [1.82, 2.24) is 21.1 Å². The second kappa shape index (κ2) is 13.0. The molecule has 1 fully saturated rings. The Balaban J connectivity index is 1.76. The van der Waals surface area contributed by atoms with Gasteiger partial charge in [-0.2, -0.15) is 5.10 Å². The number of ether oxygens (including phenoxy) is 1. The molecule has 0 unspecified atom stereocenters. The van der Waals surface area contributed by atoms with Gasteiger partial charge in [0, 0.05) is 32.9 Å². The number of carbonyl (C=O) groups excluding carboxylic acids is 4. The number of anilines is 1. The lowest BCUT2D eigenvalue weighted by molar-refractivity contribution is -0.144. The van der Waals surface area contributed by atoms with Crippen molar-refractivity contribution in [3.8, 4) is 0 Å². The number of amides is 4. The quantitative estimate of drug-likeness (QED) is 0.262. The van der Waals surface area contributed by atoms with Crippen LogP contribution in [-0.2, 0) is 19.2 Å². The number of esters is 1. The average Bonchev–Trinajstić information content (AvgIpc) is 3.15. The molecule has 0 aromatic heterocycles. The Hall–Kier alpha value is -3.83. The van der Waals surface area contributed by atoms with E-state index in [1.54, 1.807) is 43.3 Å². The third kappa shape index (κ3) is 8.60. The summed E-state index contributed by atoms with van der Waals surface area (Å²) >= 11 is 0. The third-order valence-electron chi connectivity index (χ3n) is 4.67. The van der Waals surface area contributed by atoms with Crippen LogP contribution in [0.2, 0.25) is 0 Å². The topological polar surface area (TPSA) is 142 Å².